The van der Waals surface area contributed by atoms with Crippen molar-refractivity contribution in [3.63, 3.8) is 0 Å². The van der Waals surface area contributed by atoms with Gasteiger partial charge in [-0.15, -0.1) is 0 Å². The molecule has 2 aromatic rings. The third-order valence-corrected chi connectivity index (χ3v) is 10.5. The van der Waals surface area contributed by atoms with E-state index in [4.69, 9.17) is 18.9 Å². The van der Waals surface area contributed by atoms with E-state index in [0.717, 1.165) is 18.6 Å². The molecule has 0 aromatic heterocycles. The summed E-state index contributed by atoms with van der Waals surface area (Å²) in [5.41, 5.74) is 0.840. The first-order valence-corrected chi connectivity index (χ1v) is 22.9. The van der Waals surface area contributed by atoms with Crippen molar-refractivity contribution in [1.29, 1.82) is 0 Å². The first kappa shape index (κ1) is 48.3. The van der Waals surface area contributed by atoms with E-state index in [2.05, 4.69) is 13.8 Å². The van der Waals surface area contributed by atoms with E-state index in [9.17, 15) is 9.59 Å². The molecule has 0 spiro atoms. The molecule has 0 heterocycles. The molecule has 2 aromatic carbocycles. The normalized spacial score (nSPS) is 11.8. The molecular formula is C49H80O6. The maximum atomic E-state index is 12.7. The molecule has 0 bridgehead atoms. The van der Waals surface area contributed by atoms with Crippen molar-refractivity contribution in [2.24, 2.45) is 0 Å². The molecule has 0 aliphatic heterocycles. The van der Waals surface area contributed by atoms with Gasteiger partial charge in [-0.2, -0.15) is 0 Å². The second-order valence-electron chi connectivity index (χ2n) is 15.8. The van der Waals surface area contributed by atoms with E-state index in [1.807, 2.05) is 19.1 Å². The van der Waals surface area contributed by atoms with Crippen molar-refractivity contribution in [1.82, 2.24) is 0 Å². The van der Waals surface area contributed by atoms with Crippen LogP contribution in [0.1, 0.15) is 221 Å². The van der Waals surface area contributed by atoms with Gasteiger partial charge in [-0.3, -0.25) is 0 Å². The fourth-order valence-electron chi connectivity index (χ4n) is 6.93. The van der Waals surface area contributed by atoms with Gasteiger partial charge in [0.25, 0.3) is 0 Å². The third kappa shape index (κ3) is 26.6. The molecule has 6 heteroatoms. The second kappa shape index (κ2) is 34.4. The zero-order chi connectivity index (χ0) is 39.4. The molecule has 6 nitrogen and oxygen atoms in total. The van der Waals surface area contributed by atoms with E-state index < -0.39 is 11.9 Å². The Morgan fingerprint density at radius 2 is 0.782 bits per heavy atom. The molecule has 312 valence electrons. The van der Waals surface area contributed by atoms with Gasteiger partial charge in [-0.1, -0.05) is 181 Å². The number of carbonyl (C=O) groups is 2. The lowest BCUT2D eigenvalue weighted by molar-refractivity contribution is 0.00151. The molecular weight excluding hydrogens is 685 g/mol. The SMILES string of the molecule is CCCCCCCCCCCCCCCCCCCCCCOc1ccc(C(=O)Oc2ccc(C(=O)OC(C)COCCCCCCCCCC)cc2)cc1. The van der Waals surface area contributed by atoms with Crippen molar-refractivity contribution < 1.29 is 28.5 Å². The summed E-state index contributed by atoms with van der Waals surface area (Å²) in [6.45, 7) is 8.11. The summed E-state index contributed by atoms with van der Waals surface area (Å²) in [4.78, 5) is 25.3. The Bertz CT molecular complexity index is 1180. The smallest absolute Gasteiger partial charge is 0.343 e. The Morgan fingerprint density at radius 3 is 1.20 bits per heavy atom. The van der Waals surface area contributed by atoms with Gasteiger partial charge in [0.1, 0.15) is 17.6 Å². The largest absolute Gasteiger partial charge is 0.494 e. The third-order valence-electron chi connectivity index (χ3n) is 10.5. The minimum absolute atomic E-state index is 0.343. The minimum atomic E-state index is -0.460. The predicted octanol–water partition coefficient (Wildman–Crippen LogP) is 14.8. The highest BCUT2D eigenvalue weighted by molar-refractivity contribution is 5.92. The molecule has 0 saturated carbocycles. The molecule has 1 unspecified atom stereocenters. The fourth-order valence-corrected chi connectivity index (χ4v) is 6.93. The maximum absolute atomic E-state index is 12.7. The molecule has 0 fully saturated rings. The van der Waals surface area contributed by atoms with Gasteiger partial charge in [0.15, 0.2) is 0 Å². The predicted molar refractivity (Wildman–Crippen MR) is 230 cm³/mol. The number of benzene rings is 2. The molecule has 0 aliphatic carbocycles. The number of unbranched alkanes of at least 4 members (excludes halogenated alkanes) is 26. The van der Waals surface area contributed by atoms with Crippen molar-refractivity contribution >= 4 is 11.9 Å². The summed E-state index contributed by atoms with van der Waals surface area (Å²) >= 11 is 0. The minimum Gasteiger partial charge on any atom is -0.494 e. The fraction of sp³-hybridized carbons (Fsp3) is 0.714. The molecule has 1 atom stereocenters. The van der Waals surface area contributed by atoms with Crippen LogP contribution >= 0.6 is 0 Å². The lowest BCUT2D eigenvalue weighted by atomic mass is 10.0. The van der Waals surface area contributed by atoms with Crippen molar-refractivity contribution in [3.8, 4) is 11.5 Å². The monoisotopic (exact) mass is 765 g/mol. The summed E-state index contributed by atoms with van der Waals surface area (Å²) in [5, 5.41) is 0. The first-order valence-electron chi connectivity index (χ1n) is 22.9. The van der Waals surface area contributed by atoms with Gasteiger partial charge >= 0.3 is 11.9 Å². The Labute approximate surface area is 337 Å². The molecule has 2 rings (SSSR count). The average Bonchev–Trinajstić information content (AvgIpc) is 3.19. The van der Waals surface area contributed by atoms with Crippen LogP contribution in [0.3, 0.4) is 0 Å². The van der Waals surface area contributed by atoms with E-state index in [1.54, 1.807) is 36.4 Å². The summed E-state index contributed by atoms with van der Waals surface area (Å²) in [5.74, 6) is 0.235. The van der Waals surface area contributed by atoms with Crippen LogP contribution < -0.4 is 9.47 Å². The topological polar surface area (TPSA) is 71.1 Å². The Hall–Kier alpha value is -2.86. The standard InChI is InChI=1S/C49H80O6/c1-4-6-8-10-12-14-15-16-17-18-19-20-21-22-23-24-25-27-29-31-41-53-46-36-32-45(33-37-46)49(51)55-47-38-34-44(35-39-47)48(50)54-43(3)42-52-40-30-28-26-13-11-9-7-5-2/h32-39,43H,4-31,40-42H2,1-3H3. The van der Waals surface area contributed by atoms with Crippen molar-refractivity contribution in [2.75, 3.05) is 19.8 Å². The van der Waals surface area contributed by atoms with Gasteiger partial charge < -0.3 is 18.9 Å². The number of hydrogen-bond acceptors (Lipinski definition) is 6. The van der Waals surface area contributed by atoms with Gasteiger partial charge in [0.05, 0.1) is 24.3 Å². The Morgan fingerprint density at radius 1 is 0.436 bits per heavy atom. The number of ether oxygens (including phenoxy) is 4. The number of carbonyl (C=O) groups excluding carboxylic acids is 2. The number of rotatable bonds is 37. The van der Waals surface area contributed by atoms with Gasteiger partial charge in [0.2, 0.25) is 0 Å². The van der Waals surface area contributed by atoms with E-state index >= 15 is 0 Å². The molecule has 0 N–H and O–H groups in total. The summed E-state index contributed by atoms with van der Waals surface area (Å²) in [6, 6.07) is 13.5. The molecule has 0 aliphatic rings. The van der Waals surface area contributed by atoms with Crippen LogP contribution in [0.15, 0.2) is 48.5 Å². The molecule has 0 radical (unpaired) electrons. The second-order valence-corrected chi connectivity index (χ2v) is 15.8. The van der Waals surface area contributed by atoms with Crippen molar-refractivity contribution in [3.05, 3.63) is 59.7 Å². The lowest BCUT2D eigenvalue weighted by Gasteiger charge is -2.14. The molecule has 0 amide bonds. The van der Waals surface area contributed by atoms with E-state index in [-0.39, 0.29) is 6.10 Å². The Balaban J connectivity index is 1.45. The van der Waals surface area contributed by atoms with Gasteiger partial charge in [-0.05, 0) is 68.3 Å². The highest BCUT2D eigenvalue weighted by atomic mass is 16.6. The van der Waals surface area contributed by atoms with E-state index in [1.165, 1.54) is 167 Å². The van der Waals surface area contributed by atoms with Crippen LogP contribution in [-0.2, 0) is 9.47 Å². The van der Waals surface area contributed by atoms with Crippen molar-refractivity contribution in [2.45, 2.75) is 207 Å². The van der Waals surface area contributed by atoms with Crippen LogP contribution in [0, 0.1) is 0 Å². The highest BCUT2D eigenvalue weighted by Crippen LogP contribution is 2.19. The number of hydrogen-bond donors (Lipinski definition) is 0. The van der Waals surface area contributed by atoms with Gasteiger partial charge in [0, 0.05) is 6.61 Å². The molecule has 0 saturated heterocycles. The quantitative estimate of drug-likeness (QED) is 0.0388. The first-order chi connectivity index (χ1) is 27.0. The lowest BCUT2D eigenvalue weighted by Crippen LogP contribution is -2.20. The zero-order valence-electron chi connectivity index (χ0n) is 35.6. The van der Waals surface area contributed by atoms with Crippen LogP contribution in [-0.4, -0.2) is 37.9 Å². The Kier molecular flexibility index (Phi) is 30.2. The van der Waals surface area contributed by atoms with Crippen LogP contribution in [0.2, 0.25) is 0 Å². The average molecular weight is 765 g/mol. The summed E-state index contributed by atoms with van der Waals surface area (Å²) in [7, 11) is 0. The summed E-state index contributed by atoms with van der Waals surface area (Å²) < 4.78 is 22.7. The van der Waals surface area contributed by atoms with Crippen LogP contribution in [0.25, 0.3) is 0 Å². The van der Waals surface area contributed by atoms with Crippen LogP contribution in [0.4, 0.5) is 0 Å². The highest BCUT2D eigenvalue weighted by Gasteiger charge is 2.14. The molecule has 55 heavy (non-hydrogen) atoms. The summed E-state index contributed by atoms with van der Waals surface area (Å²) in [6.07, 6.45) is 37.2. The number of esters is 2. The zero-order valence-corrected chi connectivity index (χ0v) is 35.6. The van der Waals surface area contributed by atoms with Crippen LogP contribution in [0.5, 0.6) is 11.5 Å². The van der Waals surface area contributed by atoms with Gasteiger partial charge in [-0.25, -0.2) is 9.59 Å². The van der Waals surface area contributed by atoms with E-state index in [0.29, 0.717) is 36.7 Å². The maximum Gasteiger partial charge on any atom is 0.343 e.